The van der Waals surface area contributed by atoms with E-state index in [-0.39, 0.29) is 41.0 Å². The van der Waals surface area contributed by atoms with Crippen LogP contribution in [0.2, 0.25) is 0 Å². The maximum atomic E-state index is 14.7. The van der Waals surface area contributed by atoms with Gasteiger partial charge in [-0.05, 0) is 114 Å². The second-order valence-electron chi connectivity index (χ2n) is 16.3. The van der Waals surface area contributed by atoms with Crippen LogP contribution in [0.25, 0.3) is 11.1 Å². The van der Waals surface area contributed by atoms with Gasteiger partial charge in [-0.25, -0.2) is 18.2 Å². The average Bonchev–Trinajstić information content (AvgIpc) is 3.70. The number of amides is 2. The second-order valence-corrected chi connectivity index (χ2v) is 19.4. The molecule has 3 atom stereocenters. The third-order valence-corrected chi connectivity index (χ3v) is 15.2. The number of nitrogens with one attached hydrogen (secondary N) is 2. The van der Waals surface area contributed by atoms with Gasteiger partial charge in [0, 0.05) is 19.9 Å². The summed E-state index contributed by atoms with van der Waals surface area (Å²) in [6, 6.07) is 31.6. The third-order valence-electron chi connectivity index (χ3n) is 11.7. The standard InChI is InChI=1S/C50H47N5O9S2/c1-29-6-7-35(20-30(29)2)27-62-41-18-16-38(17-19-41)46-28-63-44-23-39-22-43(55(26-40(39)24-45(44)64-46)66(59,60)49-31(3)52-50(65-49)53-32(4)56)47(57)54-42(48(58)61-5)21-33-8-12-36(13-9-33)37-14-10-34(25-51)11-15-37/h6-20,23-24,42-43,46H,21-22,26-28H2,1-5H3,(H,54,57)(H,52,53,56)/t42-,43-,46?/m0/s1. The van der Waals surface area contributed by atoms with Crippen LogP contribution in [0.15, 0.2) is 107 Å². The summed E-state index contributed by atoms with van der Waals surface area (Å²) in [5, 5.41) is 14.6. The van der Waals surface area contributed by atoms with Gasteiger partial charge in [0.15, 0.2) is 26.9 Å². The highest BCUT2D eigenvalue weighted by Gasteiger charge is 2.43. The average molecular weight is 926 g/mol. The molecule has 6 aromatic rings. The van der Waals surface area contributed by atoms with Gasteiger partial charge in [0.05, 0.1) is 24.4 Å². The molecule has 0 saturated heterocycles. The number of ether oxygens (including phenoxy) is 4. The van der Waals surface area contributed by atoms with E-state index in [1.807, 2.05) is 60.7 Å². The first-order chi connectivity index (χ1) is 31.7. The summed E-state index contributed by atoms with van der Waals surface area (Å²) in [6.45, 7) is 7.37. The number of rotatable bonds is 13. The Bertz CT molecular complexity index is 2970. The number of carbonyl (C=O) groups excluding carboxylic acids is 3. The van der Waals surface area contributed by atoms with Gasteiger partial charge in [-0.15, -0.1) is 0 Å². The predicted molar refractivity (Wildman–Crippen MR) is 248 cm³/mol. The number of esters is 1. The quantitative estimate of drug-likeness (QED) is 0.108. The molecule has 0 saturated carbocycles. The van der Waals surface area contributed by atoms with Gasteiger partial charge in [-0.1, -0.05) is 78.1 Å². The highest BCUT2D eigenvalue weighted by atomic mass is 32.2. The zero-order valence-electron chi connectivity index (χ0n) is 36.9. The molecule has 0 aliphatic carbocycles. The van der Waals surface area contributed by atoms with E-state index in [9.17, 15) is 28.1 Å². The predicted octanol–water partition coefficient (Wildman–Crippen LogP) is 7.67. The van der Waals surface area contributed by atoms with Crippen molar-refractivity contribution in [3.05, 3.63) is 153 Å². The summed E-state index contributed by atoms with van der Waals surface area (Å²) in [6.07, 6.45) is -0.479. The van der Waals surface area contributed by atoms with E-state index >= 15 is 0 Å². The molecule has 0 fully saturated rings. The molecule has 0 spiro atoms. The lowest BCUT2D eigenvalue weighted by Crippen LogP contribution is -2.56. The zero-order valence-corrected chi connectivity index (χ0v) is 38.5. The maximum absolute atomic E-state index is 14.7. The SMILES string of the molecule is COC(=O)[C@H](Cc1ccc(-c2ccc(C#N)cc2)cc1)NC(=O)[C@@H]1Cc2cc3c(cc2CN1S(=O)(=O)c1sc(NC(C)=O)nc1C)OC(c1ccc(OCc2ccc(C)c(C)c2)cc1)CO3. The molecule has 3 heterocycles. The van der Waals surface area contributed by atoms with Crippen LogP contribution in [-0.2, 0) is 55.1 Å². The van der Waals surface area contributed by atoms with Gasteiger partial charge >= 0.3 is 5.97 Å². The maximum Gasteiger partial charge on any atom is 0.328 e. The normalized spacial score (nSPS) is 16.0. The second kappa shape index (κ2) is 19.2. The van der Waals surface area contributed by atoms with Gasteiger partial charge in [-0.2, -0.15) is 9.57 Å². The van der Waals surface area contributed by atoms with Gasteiger partial charge in [0.1, 0.15) is 31.0 Å². The molecule has 2 aliphatic rings. The summed E-state index contributed by atoms with van der Waals surface area (Å²) in [5.41, 5.74) is 8.82. The molecule has 0 bridgehead atoms. The Morgan fingerprint density at radius 1 is 0.894 bits per heavy atom. The Morgan fingerprint density at radius 3 is 2.24 bits per heavy atom. The molecule has 1 aromatic heterocycles. The molecular weight excluding hydrogens is 879 g/mol. The molecule has 338 valence electrons. The van der Waals surface area contributed by atoms with Gasteiger partial charge in [0.25, 0.3) is 10.0 Å². The number of methoxy groups -OCH3 is 1. The number of thiazole rings is 1. The van der Waals surface area contributed by atoms with E-state index in [2.05, 4.69) is 53.7 Å². The molecule has 2 aliphatic heterocycles. The fourth-order valence-electron chi connectivity index (χ4n) is 7.95. The van der Waals surface area contributed by atoms with Crippen molar-refractivity contribution in [1.82, 2.24) is 14.6 Å². The first kappa shape index (κ1) is 45.5. The van der Waals surface area contributed by atoms with Crippen molar-refractivity contribution in [2.75, 3.05) is 19.0 Å². The van der Waals surface area contributed by atoms with Crippen LogP contribution in [0.3, 0.4) is 0 Å². The van der Waals surface area contributed by atoms with Gasteiger partial charge < -0.3 is 29.6 Å². The lowest BCUT2D eigenvalue weighted by atomic mass is 9.93. The van der Waals surface area contributed by atoms with Crippen LogP contribution in [0.4, 0.5) is 5.13 Å². The number of carbonyl (C=O) groups is 3. The molecule has 0 radical (unpaired) electrons. The lowest BCUT2D eigenvalue weighted by Gasteiger charge is -2.36. The van der Waals surface area contributed by atoms with Crippen molar-refractivity contribution in [2.24, 2.45) is 0 Å². The van der Waals surface area contributed by atoms with Crippen LogP contribution >= 0.6 is 11.3 Å². The van der Waals surface area contributed by atoms with E-state index in [0.717, 1.165) is 37.9 Å². The number of hydrogen-bond acceptors (Lipinski definition) is 12. The first-order valence-corrected chi connectivity index (χ1v) is 23.4. The van der Waals surface area contributed by atoms with Crippen LogP contribution in [-0.4, -0.2) is 61.3 Å². The van der Waals surface area contributed by atoms with E-state index in [1.54, 1.807) is 24.3 Å². The number of hydrogen-bond donors (Lipinski definition) is 2. The van der Waals surface area contributed by atoms with Crippen molar-refractivity contribution in [3.63, 3.8) is 0 Å². The van der Waals surface area contributed by atoms with Gasteiger partial charge in [0.2, 0.25) is 11.8 Å². The molecular formula is C50H47N5O9S2. The van der Waals surface area contributed by atoms with Crippen LogP contribution in [0, 0.1) is 32.1 Å². The number of nitriles is 1. The van der Waals surface area contributed by atoms with E-state index < -0.39 is 46.0 Å². The van der Waals surface area contributed by atoms with Crippen molar-refractivity contribution in [3.8, 4) is 34.4 Å². The highest BCUT2D eigenvalue weighted by Crippen LogP contribution is 2.42. The smallest absolute Gasteiger partial charge is 0.328 e. The minimum Gasteiger partial charge on any atom is -0.489 e. The summed E-state index contributed by atoms with van der Waals surface area (Å²) >= 11 is 0.787. The topological polar surface area (TPSA) is 186 Å². The molecule has 66 heavy (non-hydrogen) atoms. The number of anilines is 1. The Kier molecular flexibility index (Phi) is 13.2. The monoisotopic (exact) mass is 925 g/mol. The summed E-state index contributed by atoms with van der Waals surface area (Å²) in [7, 11) is -3.23. The fraction of sp³-hybridized carbons (Fsp3) is 0.260. The van der Waals surface area contributed by atoms with Crippen LogP contribution in [0.1, 0.15) is 63.2 Å². The third kappa shape index (κ3) is 9.93. The number of nitrogens with zero attached hydrogens (tertiary/aromatic N) is 3. The number of sulfonamides is 1. The molecule has 16 heteroatoms. The highest BCUT2D eigenvalue weighted by molar-refractivity contribution is 7.91. The van der Waals surface area contributed by atoms with E-state index in [0.29, 0.717) is 46.1 Å². The van der Waals surface area contributed by atoms with Crippen LogP contribution < -0.4 is 24.8 Å². The Morgan fingerprint density at radius 2 is 1.58 bits per heavy atom. The summed E-state index contributed by atoms with van der Waals surface area (Å²) in [5.74, 6) is -0.276. The number of aromatic nitrogens is 1. The molecule has 2 amide bonds. The van der Waals surface area contributed by atoms with Crippen molar-refractivity contribution >= 4 is 44.3 Å². The largest absolute Gasteiger partial charge is 0.489 e. The molecule has 1 unspecified atom stereocenters. The molecule has 8 rings (SSSR count). The zero-order chi connectivity index (χ0) is 46.7. The van der Waals surface area contributed by atoms with Gasteiger partial charge in [-0.3, -0.25) is 9.59 Å². The Balaban J connectivity index is 1.04. The minimum absolute atomic E-state index is 0.0545. The Labute approximate surface area is 387 Å². The van der Waals surface area contributed by atoms with Crippen molar-refractivity contribution in [2.45, 2.75) is 76.1 Å². The number of fused-ring (bicyclic) bond motifs is 2. The van der Waals surface area contributed by atoms with E-state index in [1.165, 1.54) is 32.1 Å². The molecule has 2 N–H and O–H groups in total. The fourth-order valence-corrected chi connectivity index (χ4v) is 11.1. The van der Waals surface area contributed by atoms with E-state index in [4.69, 9.17) is 18.9 Å². The van der Waals surface area contributed by atoms with Crippen LogP contribution in [0.5, 0.6) is 17.2 Å². The minimum atomic E-state index is -4.45. The van der Waals surface area contributed by atoms with Crippen molar-refractivity contribution < 1.29 is 41.7 Å². The summed E-state index contributed by atoms with van der Waals surface area (Å²) in [4.78, 5) is 43.9. The number of aryl methyl sites for hydroxylation is 3. The summed E-state index contributed by atoms with van der Waals surface area (Å²) < 4.78 is 54.3. The number of benzene rings is 5. The Hall–Kier alpha value is -7.06. The van der Waals surface area contributed by atoms with Crippen molar-refractivity contribution in [1.29, 1.82) is 5.26 Å². The molecule has 14 nitrogen and oxygen atoms in total. The lowest BCUT2D eigenvalue weighted by molar-refractivity contribution is -0.145. The first-order valence-electron chi connectivity index (χ1n) is 21.2. The molecule has 5 aromatic carbocycles.